The smallest absolute Gasteiger partial charge is 0.387 e. The Kier molecular flexibility index (Phi) is 6.48. The average molecular weight is 203 g/mol. The van der Waals surface area contributed by atoms with E-state index < -0.39 is 15.3 Å². The molecule has 1 radical (unpaired) electrons. The summed E-state index contributed by atoms with van der Waals surface area (Å²) in [6.07, 6.45) is 0.946. The molecular formula is C8H15O4Si. The number of hydrogen-bond donors (Lipinski definition) is 0. The highest BCUT2D eigenvalue weighted by Crippen LogP contribution is 2.04. The van der Waals surface area contributed by atoms with Crippen LogP contribution in [0.1, 0.15) is 6.92 Å². The minimum atomic E-state index is -1.29. The summed E-state index contributed by atoms with van der Waals surface area (Å²) in [5, 5.41) is 0. The summed E-state index contributed by atoms with van der Waals surface area (Å²) in [4.78, 5) is 10.8. The van der Waals surface area contributed by atoms with Gasteiger partial charge in [0.15, 0.2) is 0 Å². The van der Waals surface area contributed by atoms with Gasteiger partial charge in [-0.25, -0.2) is 4.79 Å². The topological polar surface area (TPSA) is 44.8 Å². The van der Waals surface area contributed by atoms with E-state index in [4.69, 9.17) is 13.6 Å². The highest BCUT2D eigenvalue weighted by molar-refractivity contribution is 6.44. The van der Waals surface area contributed by atoms with E-state index in [1.54, 1.807) is 21.1 Å². The van der Waals surface area contributed by atoms with Crippen molar-refractivity contribution in [3.63, 3.8) is 0 Å². The van der Waals surface area contributed by atoms with E-state index >= 15 is 0 Å². The van der Waals surface area contributed by atoms with Gasteiger partial charge in [0.2, 0.25) is 0 Å². The largest absolute Gasteiger partial charge is 0.460 e. The van der Waals surface area contributed by atoms with E-state index in [2.05, 4.69) is 6.58 Å². The van der Waals surface area contributed by atoms with Crippen molar-refractivity contribution in [1.82, 2.24) is 0 Å². The molecule has 0 N–H and O–H groups in total. The zero-order valence-electron chi connectivity index (χ0n) is 8.20. The fourth-order valence-corrected chi connectivity index (χ4v) is 1.83. The molecule has 1 atom stereocenters. The summed E-state index contributed by atoms with van der Waals surface area (Å²) in [5.74, 6) is -0.416. The zero-order chi connectivity index (χ0) is 10.3. The second-order valence-electron chi connectivity index (χ2n) is 2.44. The van der Waals surface area contributed by atoms with Gasteiger partial charge in [-0.2, -0.15) is 0 Å². The standard InChI is InChI=1S/C8H15O4Si/c1-5-8(9)12-7(2)6-13(10-3)11-4/h5,7H,1,6H2,2-4H3. The molecule has 13 heavy (non-hydrogen) atoms. The maximum absolute atomic E-state index is 10.8. The number of carbonyl (C=O) groups is 1. The molecule has 1 unspecified atom stereocenters. The Morgan fingerprint density at radius 3 is 2.46 bits per heavy atom. The van der Waals surface area contributed by atoms with E-state index in [0.29, 0.717) is 6.04 Å². The lowest BCUT2D eigenvalue weighted by atomic mass is 10.5. The first-order valence-electron chi connectivity index (χ1n) is 3.90. The van der Waals surface area contributed by atoms with Crippen LogP contribution in [-0.4, -0.2) is 35.6 Å². The van der Waals surface area contributed by atoms with Crippen LogP contribution in [0.3, 0.4) is 0 Å². The summed E-state index contributed by atoms with van der Waals surface area (Å²) in [7, 11) is 1.88. The van der Waals surface area contributed by atoms with Crippen molar-refractivity contribution < 1.29 is 18.4 Å². The molecule has 0 aromatic carbocycles. The SMILES string of the molecule is C=CC(=O)OC(C)C[Si](OC)OC. The molecule has 75 valence electrons. The molecule has 0 fully saturated rings. The molecule has 0 aromatic heterocycles. The van der Waals surface area contributed by atoms with Gasteiger partial charge in [0.25, 0.3) is 0 Å². The molecule has 5 heteroatoms. The fourth-order valence-electron chi connectivity index (χ4n) is 0.773. The zero-order valence-corrected chi connectivity index (χ0v) is 9.20. The van der Waals surface area contributed by atoms with Crippen LogP contribution in [0.25, 0.3) is 0 Å². The van der Waals surface area contributed by atoms with Crippen LogP contribution < -0.4 is 0 Å². The lowest BCUT2D eigenvalue weighted by Crippen LogP contribution is -2.26. The van der Waals surface area contributed by atoms with E-state index in [0.717, 1.165) is 6.08 Å². The van der Waals surface area contributed by atoms with Crippen molar-refractivity contribution in [2.24, 2.45) is 0 Å². The molecule has 0 bridgehead atoms. The lowest BCUT2D eigenvalue weighted by molar-refractivity contribution is -0.141. The summed E-state index contributed by atoms with van der Waals surface area (Å²) < 4.78 is 15.0. The summed E-state index contributed by atoms with van der Waals surface area (Å²) in [5.41, 5.74) is 0. The first kappa shape index (κ1) is 12.3. The maximum atomic E-state index is 10.8. The molecule has 0 amide bonds. The number of carbonyl (C=O) groups excluding carboxylic acids is 1. The first-order chi connectivity index (χ1) is 6.13. The van der Waals surface area contributed by atoms with E-state index in [1.165, 1.54) is 0 Å². The Morgan fingerprint density at radius 2 is 2.08 bits per heavy atom. The van der Waals surface area contributed by atoms with Crippen LogP contribution in [0.15, 0.2) is 12.7 Å². The van der Waals surface area contributed by atoms with Gasteiger partial charge >= 0.3 is 15.3 Å². The summed E-state index contributed by atoms with van der Waals surface area (Å²) >= 11 is 0. The van der Waals surface area contributed by atoms with Crippen molar-refractivity contribution in [2.75, 3.05) is 14.2 Å². The Morgan fingerprint density at radius 1 is 1.54 bits per heavy atom. The van der Waals surface area contributed by atoms with Crippen molar-refractivity contribution in [1.29, 1.82) is 0 Å². The van der Waals surface area contributed by atoms with Crippen molar-refractivity contribution in [2.45, 2.75) is 19.1 Å². The van der Waals surface area contributed by atoms with E-state index in [1.807, 2.05) is 0 Å². The molecule has 0 aliphatic heterocycles. The Bertz CT molecular complexity index is 168. The number of esters is 1. The van der Waals surface area contributed by atoms with E-state index in [-0.39, 0.29) is 6.10 Å². The number of hydrogen-bond acceptors (Lipinski definition) is 4. The fraction of sp³-hybridized carbons (Fsp3) is 0.625. The van der Waals surface area contributed by atoms with Crippen LogP contribution in [0.5, 0.6) is 0 Å². The van der Waals surface area contributed by atoms with Gasteiger partial charge in [-0.15, -0.1) is 0 Å². The third-order valence-corrected chi connectivity index (χ3v) is 3.21. The average Bonchev–Trinajstić information content (AvgIpc) is 2.13. The quantitative estimate of drug-likeness (QED) is 0.365. The van der Waals surface area contributed by atoms with Crippen LogP contribution >= 0.6 is 0 Å². The molecule has 0 heterocycles. The molecule has 0 saturated carbocycles. The van der Waals surface area contributed by atoms with Gasteiger partial charge in [-0.1, -0.05) is 6.58 Å². The molecule has 4 nitrogen and oxygen atoms in total. The van der Waals surface area contributed by atoms with Crippen LogP contribution in [0.4, 0.5) is 0 Å². The minimum absolute atomic E-state index is 0.195. The molecular weight excluding hydrogens is 188 g/mol. The van der Waals surface area contributed by atoms with Gasteiger partial charge in [-0.05, 0) is 6.92 Å². The molecule has 0 rings (SSSR count). The Hall–Kier alpha value is -0.653. The van der Waals surface area contributed by atoms with Crippen molar-refractivity contribution in [3.05, 3.63) is 12.7 Å². The monoisotopic (exact) mass is 203 g/mol. The number of ether oxygens (including phenoxy) is 1. The van der Waals surface area contributed by atoms with Crippen LogP contribution in [0.2, 0.25) is 6.04 Å². The Labute approximate surface area is 80.3 Å². The predicted octanol–water partition coefficient (Wildman–Crippen LogP) is 0.885. The maximum Gasteiger partial charge on any atom is 0.387 e. The number of rotatable bonds is 6. The van der Waals surface area contributed by atoms with Gasteiger partial charge < -0.3 is 13.6 Å². The summed E-state index contributed by atoms with van der Waals surface area (Å²) in [6, 6.07) is 0.608. The third-order valence-electron chi connectivity index (χ3n) is 1.39. The molecule has 0 aliphatic rings. The van der Waals surface area contributed by atoms with Crippen LogP contribution in [0, 0.1) is 0 Å². The first-order valence-corrected chi connectivity index (χ1v) is 5.43. The molecule has 0 aromatic rings. The minimum Gasteiger partial charge on any atom is -0.460 e. The molecule has 0 spiro atoms. The molecule has 0 aliphatic carbocycles. The third kappa shape index (κ3) is 5.56. The highest BCUT2D eigenvalue weighted by Gasteiger charge is 2.18. The Balaban J connectivity index is 3.77. The van der Waals surface area contributed by atoms with Gasteiger partial charge in [-0.3, -0.25) is 0 Å². The van der Waals surface area contributed by atoms with Gasteiger partial charge in [0.05, 0.1) is 0 Å². The summed E-state index contributed by atoms with van der Waals surface area (Å²) in [6.45, 7) is 5.10. The lowest BCUT2D eigenvalue weighted by Gasteiger charge is -2.15. The second-order valence-corrected chi connectivity index (χ2v) is 4.40. The van der Waals surface area contributed by atoms with Crippen molar-refractivity contribution >= 4 is 15.3 Å². The van der Waals surface area contributed by atoms with E-state index in [9.17, 15) is 4.79 Å². The highest BCUT2D eigenvalue weighted by atomic mass is 28.3. The predicted molar refractivity (Wildman–Crippen MR) is 50.3 cm³/mol. The molecule has 0 saturated heterocycles. The van der Waals surface area contributed by atoms with Crippen LogP contribution in [-0.2, 0) is 18.4 Å². The second kappa shape index (κ2) is 6.82. The van der Waals surface area contributed by atoms with Gasteiger partial charge in [0.1, 0.15) is 6.10 Å². The van der Waals surface area contributed by atoms with Gasteiger partial charge in [0, 0.05) is 26.3 Å². The van der Waals surface area contributed by atoms with Crippen molar-refractivity contribution in [3.8, 4) is 0 Å². The normalized spacial score (nSPS) is 12.6.